The summed E-state index contributed by atoms with van der Waals surface area (Å²) in [6.07, 6.45) is 0.494. The Balaban J connectivity index is 1.95. The third kappa shape index (κ3) is 3.12. The smallest absolute Gasteiger partial charge is 0.255 e. The van der Waals surface area contributed by atoms with E-state index in [1.807, 2.05) is 47.4 Å². The molecule has 0 saturated heterocycles. The molecule has 1 aliphatic heterocycles. The molecule has 1 unspecified atom stereocenters. The highest BCUT2D eigenvalue weighted by molar-refractivity contribution is 9.10. The van der Waals surface area contributed by atoms with Crippen LogP contribution in [0.2, 0.25) is 0 Å². The molecule has 23 heavy (non-hydrogen) atoms. The maximum Gasteiger partial charge on any atom is 0.255 e. The first-order chi connectivity index (χ1) is 11.1. The number of hydrogen-bond acceptors (Lipinski definition) is 3. The number of ether oxygens (including phenoxy) is 1. The van der Waals surface area contributed by atoms with Crippen LogP contribution in [0, 0.1) is 0 Å². The normalized spacial score (nSPS) is 14.7. The van der Waals surface area contributed by atoms with E-state index in [-0.39, 0.29) is 18.6 Å². The zero-order chi connectivity index (χ0) is 16.4. The molecule has 0 spiro atoms. The Morgan fingerprint density at radius 2 is 2.13 bits per heavy atom. The number of benzene rings is 2. The number of carbonyl (C=O) groups is 1. The molecule has 5 heteroatoms. The van der Waals surface area contributed by atoms with Gasteiger partial charge in [-0.15, -0.1) is 0 Å². The van der Waals surface area contributed by atoms with Gasteiger partial charge >= 0.3 is 0 Å². The molecule has 3 rings (SSSR count). The fourth-order valence-corrected chi connectivity index (χ4v) is 3.38. The standard InChI is InChI=1S/C18H18BrNO3/c1-23-15-4-2-3-12(9-15)17(7-8-21)20-11-13-5-6-14(19)10-16(13)18(20)22/h2-6,9-10,17,21H,7-8,11H2,1H3. The van der Waals surface area contributed by atoms with Gasteiger partial charge in [-0.1, -0.05) is 34.1 Å². The largest absolute Gasteiger partial charge is 0.497 e. The third-order valence-corrected chi connectivity index (χ3v) is 4.65. The Morgan fingerprint density at radius 1 is 1.30 bits per heavy atom. The Kier molecular flexibility index (Phi) is 4.68. The fraction of sp³-hybridized carbons (Fsp3) is 0.278. The summed E-state index contributed by atoms with van der Waals surface area (Å²) < 4.78 is 6.17. The zero-order valence-electron chi connectivity index (χ0n) is 12.8. The van der Waals surface area contributed by atoms with Crippen molar-refractivity contribution in [3.63, 3.8) is 0 Å². The molecule has 120 valence electrons. The van der Waals surface area contributed by atoms with Crippen LogP contribution < -0.4 is 4.74 Å². The SMILES string of the molecule is COc1cccc(C(CCO)N2Cc3ccc(Br)cc3C2=O)c1. The van der Waals surface area contributed by atoms with Crippen LogP contribution in [0.3, 0.4) is 0 Å². The minimum Gasteiger partial charge on any atom is -0.497 e. The fourth-order valence-electron chi connectivity index (χ4n) is 3.02. The van der Waals surface area contributed by atoms with E-state index < -0.39 is 0 Å². The minimum atomic E-state index is -0.172. The van der Waals surface area contributed by atoms with Crippen LogP contribution >= 0.6 is 15.9 Å². The van der Waals surface area contributed by atoms with Gasteiger partial charge in [0.05, 0.1) is 13.2 Å². The Morgan fingerprint density at radius 3 is 2.87 bits per heavy atom. The Bertz CT molecular complexity index is 732. The molecule has 4 nitrogen and oxygen atoms in total. The van der Waals surface area contributed by atoms with Gasteiger partial charge in [0, 0.05) is 23.2 Å². The molecule has 0 fully saturated rings. The highest BCUT2D eigenvalue weighted by Crippen LogP contribution is 2.35. The summed E-state index contributed by atoms with van der Waals surface area (Å²) in [5.41, 5.74) is 2.72. The average molecular weight is 376 g/mol. The lowest BCUT2D eigenvalue weighted by Gasteiger charge is -2.28. The predicted molar refractivity (Wildman–Crippen MR) is 91.5 cm³/mol. The van der Waals surface area contributed by atoms with Crippen molar-refractivity contribution in [2.24, 2.45) is 0 Å². The lowest BCUT2D eigenvalue weighted by molar-refractivity contribution is 0.0670. The molecular formula is C18H18BrNO3. The van der Waals surface area contributed by atoms with Crippen LogP contribution in [0.5, 0.6) is 5.75 Å². The second-order valence-electron chi connectivity index (χ2n) is 5.54. The van der Waals surface area contributed by atoms with Crippen molar-refractivity contribution in [3.8, 4) is 5.75 Å². The van der Waals surface area contributed by atoms with Gasteiger partial charge in [0.15, 0.2) is 0 Å². The first kappa shape index (κ1) is 16.0. The first-order valence-electron chi connectivity index (χ1n) is 7.48. The van der Waals surface area contributed by atoms with Gasteiger partial charge in [-0.3, -0.25) is 4.79 Å². The average Bonchev–Trinajstić information content (AvgIpc) is 2.89. The van der Waals surface area contributed by atoms with Crippen LogP contribution in [0.15, 0.2) is 46.9 Å². The molecule has 1 N–H and O–H groups in total. The maximum atomic E-state index is 12.8. The maximum absolute atomic E-state index is 12.8. The molecular weight excluding hydrogens is 358 g/mol. The van der Waals surface area contributed by atoms with E-state index in [0.717, 1.165) is 26.9 Å². The van der Waals surface area contributed by atoms with Crippen LogP contribution in [-0.2, 0) is 6.54 Å². The van der Waals surface area contributed by atoms with E-state index in [1.54, 1.807) is 7.11 Å². The van der Waals surface area contributed by atoms with E-state index in [4.69, 9.17) is 4.74 Å². The molecule has 1 heterocycles. The number of carbonyl (C=O) groups excluding carboxylic acids is 1. The van der Waals surface area contributed by atoms with Gasteiger partial charge in [0.1, 0.15) is 5.75 Å². The van der Waals surface area contributed by atoms with E-state index in [0.29, 0.717) is 13.0 Å². The summed E-state index contributed by atoms with van der Waals surface area (Å²) in [4.78, 5) is 14.6. The number of amides is 1. The number of hydrogen-bond donors (Lipinski definition) is 1. The van der Waals surface area contributed by atoms with Crippen molar-refractivity contribution in [1.29, 1.82) is 0 Å². The summed E-state index contributed by atoms with van der Waals surface area (Å²) >= 11 is 3.42. The minimum absolute atomic E-state index is 0.00238. The molecule has 0 aliphatic carbocycles. The molecule has 0 aromatic heterocycles. The van der Waals surface area contributed by atoms with Crippen molar-refractivity contribution in [2.45, 2.75) is 19.0 Å². The van der Waals surface area contributed by atoms with Gasteiger partial charge in [-0.25, -0.2) is 0 Å². The third-order valence-electron chi connectivity index (χ3n) is 4.16. The summed E-state index contributed by atoms with van der Waals surface area (Å²) in [5.74, 6) is 0.750. The van der Waals surface area contributed by atoms with Crippen LogP contribution in [0.1, 0.15) is 33.9 Å². The van der Waals surface area contributed by atoms with Crippen LogP contribution in [-0.4, -0.2) is 29.6 Å². The molecule has 1 aliphatic rings. The van der Waals surface area contributed by atoms with Gasteiger partial charge in [0.25, 0.3) is 5.91 Å². The van der Waals surface area contributed by atoms with Crippen LogP contribution in [0.25, 0.3) is 0 Å². The topological polar surface area (TPSA) is 49.8 Å². The number of aliphatic hydroxyl groups excluding tert-OH is 1. The highest BCUT2D eigenvalue weighted by atomic mass is 79.9. The lowest BCUT2D eigenvalue weighted by Crippen LogP contribution is -2.30. The number of aliphatic hydroxyl groups is 1. The molecule has 2 aromatic rings. The van der Waals surface area contributed by atoms with Crippen molar-refractivity contribution in [3.05, 3.63) is 63.6 Å². The molecule has 2 aromatic carbocycles. The molecule has 0 saturated carbocycles. The van der Waals surface area contributed by atoms with Crippen molar-refractivity contribution in [2.75, 3.05) is 13.7 Å². The second-order valence-corrected chi connectivity index (χ2v) is 6.45. The van der Waals surface area contributed by atoms with Gasteiger partial charge in [-0.05, 0) is 41.8 Å². The summed E-state index contributed by atoms with van der Waals surface area (Å²) in [6, 6.07) is 13.3. The van der Waals surface area contributed by atoms with Gasteiger partial charge in [-0.2, -0.15) is 0 Å². The monoisotopic (exact) mass is 375 g/mol. The highest BCUT2D eigenvalue weighted by Gasteiger charge is 2.33. The lowest BCUT2D eigenvalue weighted by atomic mass is 10.0. The number of methoxy groups -OCH3 is 1. The van der Waals surface area contributed by atoms with Gasteiger partial charge < -0.3 is 14.7 Å². The first-order valence-corrected chi connectivity index (χ1v) is 8.27. The Hall–Kier alpha value is -1.85. The Labute approximate surface area is 143 Å². The summed E-state index contributed by atoms with van der Waals surface area (Å²) in [5, 5.41) is 9.46. The van der Waals surface area contributed by atoms with E-state index >= 15 is 0 Å². The second kappa shape index (κ2) is 6.72. The quantitative estimate of drug-likeness (QED) is 0.869. The van der Waals surface area contributed by atoms with E-state index in [9.17, 15) is 9.90 Å². The number of fused-ring (bicyclic) bond motifs is 1. The predicted octanol–water partition coefficient (Wildman–Crippen LogP) is 3.54. The molecule has 1 amide bonds. The summed E-state index contributed by atoms with van der Waals surface area (Å²) in [7, 11) is 1.62. The number of halogens is 1. The number of rotatable bonds is 5. The number of nitrogens with zero attached hydrogens (tertiary/aromatic N) is 1. The van der Waals surface area contributed by atoms with Crippen molar-refractivity contribution >= 4 is 21.8 Å². The van der Waals surface area contributed by atoms with Crippen molar-refractivity contribution < 1.29 is 14.6 Å². The molecule has 0 bridgehead atoms. The molecule has 1 atom stereocenters. The summed E-state index contributed by atoms with van der Waals surface area (Å²) in [6.45, 7) is 0.578. The molecule has 0 radical (unpaired) electrons. The van der Waals surface area contributed by atoms with Crippen molar-refractivity contribution in [1.82, 2.24) is 4.90 Å². The van der Waals surface area contributed by atoms with E-state index in [1.165, 1.54) is 0 Å². The van der Waals surface area contributed by atoms with Crippen LogP contribution in [0.4, 0.5) is 0 Å². The van der Waals surface area contributed by atoms with E-state index in [2.05, 4.69) is 15.9 Å². The zero-order valence-corrected chi connectivity index (χ0v) is 14.4. The van der Waals surface area contributed by atoms with Gasteiger partial charge in [0.2, 0.25) is 0 Å².